The lowest BCUT2D eigenvalue weighted by molar-refractivity contribution is 0.102. The first-order valence-electron chi connectivity index (χ1n) is 5.48. The highest BCUT2D eigenvalue weighted by atomic mass is 16.1. The first-order chi connectivity index (χ1) is 8.20. The number of carbonyl (C=O) groups excluding carboxylic acids is 1. The van der Waals surface area contributed by atoms with Gasteiger partial charge in [0.05, 0.1) is 6.20 Å². The molecule has 0 spiro atoms. The predicted octanol–water partition coefficient (Wildman–Crippen LogP) is 1.93. The average molecular weight is 230 g/mol. The largest absolute Gasteiger partial charge is 0.305 e. The monoisotopic (exact) mass is 230 g/mol. The number of amides is 1. The smallest absolute Gasteiger partial charge is 0.275 e. The molecule has 0 saturated heterocycles. The lowest BCUT2D eigenvalue weighted by Crippen LogP contribution is -2.15. The van der Waals surface area contributed by atoms with Gasteiger partial charge < -0.3 is 5.32 Å². The van der Waals surface area contributed by atoms with E-state index in [1.54, 1.807) is 12.3 Å². The third kappa shape index (κ3) is 2.50. The summed E-state index contributed by atoms with van der Waals surface area (Å²) in [6.07, 6.45) is 2.52. The minimum Gasteiger partial charge on any atom is -0.305 e. The maximum absolute atomic E-state index is 11.9. The molecule has 5 heteroatoms. The SMILES string of the molecule is CCc1cn[nH]c1NC(=O)c1cccc(C)n1. The number of rotatable bonds is 3. The number of H-pyrrole nitrogens is 1. The van der Waals surface area contributed by atoms with Crippen molar-refractivity contribution in [2.24, 2.45) is 0 Å². The molecule has 0 aliphatic carbocycles. The fourth-order valence-corrected chi connectivity index (χ4v) is 1.53. The number of hydrogen-bond donors (Lipinski definition) is 2. The molecular weight excluding hydrogens is 216 g/mol. The number of aromatic amines is 1. The molecule has 0 bridgehead atoms. The zero-order valence-electron chi connectivity index (χ0n) is 9.82. The molecule has 2 rings (SSSR count). The molecule has 2 N–H and O–H groups in total. The van der Waals surface area contributed by atoms with Gasteiger partial charge in [-0.3, -0.25) is 9.89 Å². The Labute approximate surface area is 99.3 Å². The molecule has 0 atom stereocenters. The molecule has 0 unspecified atom stereocenters. The number of aryl methyl sites for hydroxylation is 2. The van der Waals surface area contributed by atoms with Gasteiger partial charge in [0.25, 0.3) is 5.91 Å². The summed E-state index contributed by atoms with van der Waals surface area (Å²) >= 11 is 0. The van der Waals surface area contributed by atoms with Crippen LogP contribution in [0.25, 0.3) is 0 Å². The van der Waals surface area contributed by atoms with Crippen molar-refractivity contribution >= 4 is 11.7 Å². The van der Waals surface area contributed by atoms with Crippen molar-refractivity contribution in [2.45, 2.75) is 20.3 Å². The van der Waals surface area contributed by atoms with Crippen LogP contribution in [-0.4, -0.2) is 21.1 Å². The van der Waals surface area contributed by atoms with Gasteiger partial charge >= 0.3 is 0 Å². The van der Waals surface area contributed by atoms with E-state index >= 15 is 0 Å². The van der Waals surface area contributed by atoms with Crippen molar-refractivity contribution in [1.29, 1.82) is 0 Å². The predicted molar refractivity (Wildman–Crippen MR) is 64.9 cm³/mol. The molecule has 0 saturated carbocycles. The second kappa shape index (κ2) is 4.78. The van der Waals surface area contributed by atoms with Gasteiger partial charge in [0.15, 0.2) is 0 Å². The van der Waals surface area contributed by atoms with E-state index < -0.39 is 0 Å². The van der Waals surface area contributed by atoms with Crippen LogP contribution in [0.1, 0.15) is 28.7 Å². The molecule has 0 aliphatic heterocycles. The number of aromatic nitrogens is 3. The zero-order valence-corrected chi connectivity index (χ0v) is 9.82. The quantitative estimate of drug-likeness (QED) is 0.846. The van der Waals surface area contributed by atoms with Crippen molar-refractivity contribution < 1.29 is 4.79 Å². The highest BCUT2D eigenvalue weighted by molar-refractivity contribution is 6.02. The number of nitrogens with zero attached hydrogens (tertiary/aromatic N) is 2. The number of nitrogens with one attached hydrogen (secondary N) is 2. The topological polar surface area (TPSA) is 70.7 Å². The van der Waals surface area contributed by atoms with Gasteiger partial charge in [-0.25, -0.2) is 4.98 Å². The Morgan fingerprint density at radius 1 is 1.47 bits per heavy atom. The van der Waals surface area contributed by atoms with Crippen molar-refractivity contribution in [2.75, 3.05) is 5.32 Å². The highest BCUT2D eigenvalue weighted by Gasteiger charge is 2.10. The van der Waals surface area contributed by atoms with Gasteiger partial charge in [0.2, 0.25) is 0 Å². The van der Waals surface area contributed by atoms with Gasteiger partial charge in [-0.2, -0.15) is 5.10 Å². The van der Waals surface area contributed by atoms with Crippen LogP contribution in [-0.2, 0) is 6.42 Å². The summed E-state index contributed by atoms with van der Waals surface area (Å²) in [6.45, 7) is 3.86. The third-order valence-corrected chi connectivity index (χ3v) is 2.46. The second-order valence-electron chi connectivity index (χ2n) is 3.74. The zero-order chi connectivity index (χ0) is 12.3. The molecule has 88 valence electrons. The van der Waals surface area contributed by atoms with E-state index in [1.165, 1.54) is 0 Å². The highest BCUT2D eigenvalue weighted by Crippen LogP contribution is 2.12. The first-order valence-corrected chi connectivity index (χ1v) is 5.48. The van der Waals surface area contributed by atoms with Gasteiger partial charge in [-0.15, -0.1) is 0 Å². The van der Waals surface area contributed by atoms with Crippen LogP contribution < -0.4 is 5.32 Å². The summed E-state index contributed by atoms with van der Waals surface area (Å²) in [5, 5.41) is 9.42. The lowest BCUT2D eigenvalue weighted by atomic mass is 10.2. The molecule has 17 heavy (non-hydrogen) atoms. The normalized spacial score (nSPS) is 10.2. The van der Waals surface area contributed by atoms with Crippen LogP contribution in [0, 0.1) is 6.92 Å². The maximum Gasteiger partial charge on any atom is 0.275 e. The Kier molecular flexibility index (Phi) is 3.18. The standard InChI is InChI=1S/C12H14N4O/c1-3-9-7-13-16-11(9)15-12(17)10-6-4-5-8(2)14-10/h4-7H,3H2,1-2H3,(H2,13,15,16,17). The van der Waals surface area contributed by atoms with Crippen LogP contribution in [0.3, 0.4) is 0 Å². The number of hydrogen-bond acceptors (Lipinski definition) is 3. The fraction of sp³-hybridized carbons (Fsp3) is 0.250. The van der Waals surface area contributed by atoms with Crippen LogP contribution in [0.15, 0.2) is 24.4 Å². The van der Waals surface area contributed by atoms with Gasteiger partial charge in [-0.1, -0.05) is 13.0 Å². The Morgan fingerprint density at radius 2 is 2.29 bits per heavy atom. The van der Waals surface area contributed by atoms with E-state index in [4.69, 9.17) is 0 Å². The van der Waals surface area contributed by atoms with Crippen LogP contribution in [0.4, 0.5) is 5.82 Å². The van der Waals surface area contributed by atoms with Crippen molar-refractivity contribution in [3.63, 3.8) is 0 Å². The third-order valence-electron chi connectivity index (χ3n) is 2.46. The average Bonchev–Trinajstić information content (AvgIpc) is 2.76. The van der Waals surface area contributed by atoms with E-state index in [0.29, 0.717) is 11.5 Å². The molecule has 0 fully saturated rings. The van der Waals surface area contributed by atoms with E-state index in [-0.39, 0.29) is 5.91 Å². The molecule has 5 nitrogen and oxygen atoms in total. The molecule has 2 aromatic rings. The Balaban J connectivity index is 2.17. The summed E-state index contributed by atoms with van der Waals surface area (Å²) in [6, 6.07) is 5.35. The number of carbonyl (C=O) groups is 1. The molecule has 0 aliphatic rings. The van der Waals surface area contributed by atoms with Gasteiger partial charge in [-0.05, 0) is 25.5 Å². The van der Waals surface area contributed by atoms with Crippen LogP contribution in [0.2, 0.25) is 0 Å². The molecule has 2 aromatic heterocycles. The summed E-state index contributed by atoms with van der Waals surface area (Å²) < 4.78 is 0. The van der Waals surface area contributed by atoms with E-state index in [0.717, 1.165) is 17.7 Å². The van der Waals surface area contributed by atoms with Crippen LogP contribution in [0.5, 0.6) is 0 Å². The van der Waals surface area contributed by atoms with E-state index in [1.807, 2.05) is 26.0 Å². The molecule has 1 amide bonds. The molecular formula is C12H14N4O. The van der Waals surface area contributed by atoms with Crippen LogP contribution >= 0.6 is 0 Å². The van der Waals surface area contributed by atoms with Gasteiger partial charge in [0.1, 0.15) is 11.5 Å². The maximum atomic E-state index is 11.9. The number of pyridine rings is 1. The summed E-state index contributed by atoms with van der Waals surface area (Å²) in [5.41, 5.74) is 2.20. The Hall–Kier alpha value is -2.17. The Morgan fingerprint density at radius 3 is 3.00 bits per heavy atom. The summed E-state index contributed by atoms with van der Waals surface area (Å²) in [5.74, 6) is 0.411. The van der Waals surface area contributed by atoms with Crippen molar-refractivity contribution in [3.8, 4) is 0 Å². The lowest BCUT2D eigenvalue weighted by Gasteiger charge is -2.04. The fourth-order valence-electron chi connectivity index (χ4n) is 1.53. The molecule has 0 radical (unpaired) electrons. The first kappa shape index (κ1) is 11.3. The van der Waals surface area contributed by atoms with Crippen molar-refractivity contribution in [1.82, 2.24) is 15.2 Å². The molecule has 2 heterocycles. The van der Waals surface area contributed by atoms with Crippen molar-refractivity contribution in [3.05, 3.63) is 41.3 Å². The summed E-state index contributed by atoms with van der Waals surface area (Å²) in [7, 11) is 0. The van der Waals surface area contributed by atoms with Gasteiger partial charge in [0, 0.05) is 11.3 Å². The molecule has 0 aromatic carbocycles. The minimum absolute atomic E-state index is 0.229. The number of anilines is 1. The second-order valence-corrected chi connectivity index (χ2v) is 3.74. The van der Waals surface area contributed by atoms with E-state index in [2.05, 4.69) is 20.5 Å². The van der Waals surface area contributed by atoms with E-state index in [9.17, 15) is 4.79 Å². The Bertz CT molecular complexity index is 533. The summed E-state index contributed by atoms with van der Waals surface area (Å²) in [4.78, 5) is 16.1. The minimum atomic E-state index is -0.229.